The van der Waals surface area contributed by atoms with Crippen LogP contribution >= 0.6 is 11.8 Å². The molecule has 2 heterocycles. The zero-order valence-electron chi connectivity index (χ0n) is 13.9. The highest BCUT2D eigenvalue weighted by molar-refractivity contribution is 7.98. The molecule has 6 heteroatoms. The first kappa shape index (κ1) is 16.5. The van der Waals surface area contributed by atoms with Crippen molar-refractivity contribution in [3.8, 4) is 0 Å². The fourth-order valence-electron chi connectivity index (χ4n) is 2.48. The van der Waals surface area contributed by atoms with E-state index < -0.39 is 5.54 Å². The minimum Gasteiger partial charge on any atom is -0.467 e. The van der Waals surface area contributed by atoms with E-state index >= 15 is 0 Å². The van der Waals surface area contributed by atoms with Crippen LogP contribution in [0.3, 0.4) is 0 Å². The van der Waals surface area contributed by atoms with Crippen LogP contribution in [0.5, 0.6) is 0 Å². The molecule has 24 heavy (non-hydrogen) atoms. The lowest BCUT2D eigenvalue weighted by Gasteiger charge is -2.22. The number of carbonyl (C=O) groups is 1. The third kappa shape index (κ3) is 3.01. The van der Waals surface area contributed by atoms with E-state index in [1.54, 1.807) is 36.5 Å². The van der Waals surface area contributed by atoms with Crippen LogP contribution in [0.1, 0.15) is 19.4 Å². The van der Waals surface area contributed by atoms with Gasteiger partial charge in [0.1, 0.15) is 5.03 Å². The molecule has 1 aromatic carbocycles. The van der Waals surface area contributed by atoms with Gasteiger partial charge < -0.3 is 4.74 Å². The zero-order chi connectivity index (χ0) is 17.2. The Morgan fingerprint density at radius 1 is 1.21 bits per heavy atom. The molecule has 0 saturated carbocycles. The third-order valence-electron chi connectivity index (χ3n) is 3.84. The van der Waals surface area contributed by atoms with E-state index in [9.17, 15) is 4.79 Å². The zero-order valence-corrected chi connectivity index (χ0v) is 14.7. The number of hydrogen-bond acceptors (Lipinski definition) is 5. The molecule has 5 nitrogen and oxygen atoms in total. The van der Waals surface area contributed by atoms with Crippen LogP contribution in [0, 0.1) is 0 Å². The molecule has 0 radical (unpaired) electrons. The molecule has 0 atom stereocenters. The highest BCUT2D eigenvalue weighted by Crippen LogP contribution is 2.31. The van der Waals surface area contributed by atoms with E-state index in [-0.39, 0.29) is 5.97 Å². The van der Waals surface area contributed by atoms with Gasteiger partial charge in [0.2, 0.25) is 0 Å². The fraction of sp³-hybridized carbons (Fsp3) is 0.278. The first-order valence-electron chi connectivity index (χ1n) is 7.63. The predicted octanol–water partition coefficient (Wildman–Crippen LogP) is 3.63. The molecule has 124 valence electrons. The van der Waals surface area contributed by atoms with E-state index in [0.29, 0.717) is 5.65 Å². The number of esters is 1. The number of nitrogens with zero attached hydrogens (tertiary/aromatic N) is 3. The summed E-state index contributed by atoms with van der Waals surface area (Å²) < 4.78 is 6.58. The van der Waals surface area contributed by atoms with Crippen LogP contribution in [-0.4, -0.2) is 27.8 Å². The van der Waals surface area contributed by atoms with Gasteiger partial charge in [-0.25, -0.2) is 14.5 Å². The summed E-state index contributed by atoms with van der Waals surface area (Å²) in [7, 11) is 1.38. The highest BCUT2D eigenvalue weighted by atomic mass is 32.2. The minimum absolute atomic E-state index is 0.350. The lowest BCUT2D eigenvalue weighted by molar-refractivity contribution is -0.149. The normalized spacial score (nSPS) is 11.6. The van der Waals surface area contributed by atoms with E-state index in [0.717, 1.165) is 16.2 Å². The average molecular weight is 341 g/mol. The Morgan fingerprint density at radius 3 is 2.67 bits per heavy atom. The summed E-state index contributed by atoms with van der Waals surface area (Å²) in [6.07, 6.45) is 1.71. The van der Waals surface area contributed by atoms with E-state index in [1.165, 1.54) is 12.7 Å². The lowest BCUT2D eigenvalue weighted by Crippen LogP contribution is -2.37. The van der Waals surface area contributed by atoms with Crippen LogP contribution < -0.4 is 0 Å². The summed E-state index contributed by atoms with van der Waals surface area (Å²) in [6, 6.07) is 14.1. The first-order chi connectivity index (χ1) is 11.5. The van der Waals surface area contributed by atoms with Crippen molar-refractivity contribution < 1.29 is 9.53 Å². The number of ether oxygens (including phenoxy) is 1. The van der Waals surface area contributed by atoms with Crippen molar-refractivity contribution in [1.82, 2.24) is 14.8 Å². The van der Waals surface area contributed by atoms with Gasteiger partial charge in [0.05, 0.1) is 12.5 Å². The topological polar surface area (TPSA) is 57.0 Å². The van der Waals surface area contributed by atoms with Crippen molar-refractivity contribution in [3.05, 3.63) is 54.2 Å². The number of aromatic nitrogens is 3. The molecular weight excluding hydrogens is 322 g/mol. The fourth-order valence-corrected chi connectivity index (χ4v) is 3.43. The second-order valence-electron chi connectivity index (χ2n) is 5.92. The van der Waals surface area contributed by atoms with Crippen LogP contribution in [0.25, 0.3) is 11.0 Å². The summed E-state index contributed by atoms with van der Waals surface area (Å²) in [4.78, 5) is 16.6. The Labute approximate surface area is 145 Å². The van der Waals surface area contributed by atoms with Gasteiger partial charge in [0.15, 0.2) is 11.2 Å². The van der Waals surface area contributed by atoms with E-state index in [4.69, 9.17) is 4.74 Å². The standard InChI is InChI=1S/C18H19N3O2S/c1-18(2,17(22)23-3)21-15-14(10-7-11-19-15)16(20-21)24-12-13-8-5-4-6-9-13/h4-11H,12H2,1-3H3. The second kappa shape index (κ2) is 6.65. The SMILES string of the molecule is COC(=O)C(C)(C)n1nc(SCc2ccccc2)c2cccnc21. The quantitative estimate of drug-likeness (QED) is 0.524. The van der Waals surface area contributed by atoms with Crippen LogP contribution in [0.15, 0.2) is 53.7 Å². The number of pyridine rings is 1. The average Bonchev–Trinajstić information content (AvgIpc) is 2.99. The number of methoxy groups -OCH3 is 1. The van der Waals surface area contributed by atoms with Crippen LogP contribution in [0.4, 0.5) is 0 Å². The van der Waals surface area contributed by atoms with Gasteiger partial charge in [0.25, 0.3) is 0 Å². The molecule has 0 N–H and O–H groups in total. The van der Waals surface area contributed by atoms with E-state index in [1.807, 2.05) is 30.3 Å². The molecule has 0 saturated heterocycles. The summed E-state index contributed by atoms with van der Waals surface area (Å²) >= 11 is 1.64. The van der Waals surface area contributed by atoms with Crippen molar-refractivity contribution in [2.75, 3.05) is 7.11 Å². The molecular formula is C18H19N3O2S. The Balaban J connectivity index is 1.99. The molecule has 0 bridgehead atoms. The molecule has 0 aliphatic rings. The maximum atomic E-state index is 12.1. The monoisotopic (exact) mass is 341 g/mol. The maximum absolute atomic E-state index is 12.1. The second-order valence-corrected chi connectivity index (χ2v) is 6.88. The Hall–Kier alpha value is -2.34. The van der Waals surface area contributed by atoms with Gasteiger partial charge >= 0.3 is 5.97 Å². The smallest absolute Gasteiger partial charge is 0.333 e. The summed E-state index contributed by atoms with van der Waals surface area (Å²) in [5.41, 5.74) is 0.984. The number of fused-ring (bicyclic) bond motifs is 1. The largest absolute Gasteiger partial charge is 0.467 e. The number of carbonyl (C=O) groups excluding carboxylic acids is 1. The molecule has 0 spiro atoms. The summed E-state index contributed by atoms with van der Waals surface area (Å²) in [5, 5.41) is 6.46. The van der Waals surface area contributed by atoms with Crippen molar-refractivity contribution in [3.63, 3.8) is 0 Å². The molecule has 2 aromatic heterocycles. The van der Waals surface area contributed by atoms with Crippen molar-refractivity contribution >= 4 is 28.8 Å². The van der Waals surface area contributed by atoms with Gasteiger partial charge in [-0.15, -0.1) is 0 Å². The number of thioether (sulfide) groups is 1. The van der Waals surface area contributed by atoms with Crippen molar-refractivity contribution in [2.24, 2.45) is 0 Å². The number of benzene rings is 1. The highest BCUT2D eigenvalue weighted by Gasteiger charge is 2.34. The van der Waals surface area contributed by atoms with Gasteiger partial charge in [-0.3, -0.25) is 0 Å². The molecule has 0 aliphatic heterocycles. The van der Waals surface area contributed by atoms with Crippen molar-refractivity contribution in [2.45, 2.75) is 30.2 Å². The molecule has 3 rings (SSSR count). The number of hydrogen-bond donors (Lipinski definition) is 0. The summed E-state index contributed by atoms with van der Waals surface area (Å²) in [5.74, 6) is 0.456. The predicted molar refractivity (Wildman–Crippen MR) is 94.9 cm³/mol. The Kier molecular flexibility index (Phi) is 4.57. The van der Waals surface area contributed by atoms with Crippen molar-refractivity contribution in [1.29, 1.82) is 0 Å². The van der Waals surface area contributed by atoms with Gasteiger partial charge in [-0.1, -0.05) is 42.1 Å². The molecule has 0 aliphatic carbocycles. The summed E-state index contributed by atoms with van der Waals surface area (Å²) in [6.45, 7) is 3.57. The van der Waals surface area contributed by atoms with Crippen LogP contribution in [-0.2, 0) is 20.8 Å². The molecule has 0 amide bonds. The first-order valence-corrected chi connectivity index (χ1v) is 8.62. The van der Waals surface area contributed by atoms with Gasteiger partial charge in [-0.2, -0.15) is 5.10 Å². The van der Waals surface area contributed by atoms with Gasteiger partial charge in [0, 0.05) is 11.9 Å². The molecule has 0 fully saturated rings. The maximum Gasteiger partial charge on any atom is 0.333 e. The Bertz CT molecular complexity index is 859. The van der Waals surface area contributed by atoms with E-state index in [2.05, 4.69) is 22.2 Å². The minimum atomic E-state index is -0.924. The molecule has 0 unspecified atom stereocenters. The molecule has 3 aromatic rings. The lowest BCUT2D eigenvalue weighted by atomic mass is 10.1. The third-order valence-corrected chi connectivity index (χ3v) is 4.89. The van der Waals surface area contributed by atoms with Gasteiger partial charge in [-0.05, 0) is 31.5 Å². The number of rotatable bonds is 5. The van der Waals surface area contributed by atoms with Crippen LogP contribution in [0.2, 0.25) is 0 Å². The Morgan fingerprint density at radius 2 is 1.96 bits per heavy atom.